The second kappa shape index (κ2) is 6.64. The summed E-state index contributed by atoms with van der Waals surface area (Å²) in [4.78, 5) is 2.53. The predicted octanol–water partition coefficient (Wildman–Crippen LogP) is 3.89. The van der Waals surface area contributed by atoms with Crippen molar-refractivity contribution in [2.24, 2.45) is 5.92 Å². The fraction of sp³-hybridized carbons (Fsp3) is 0.455. The monoisotopic (exact) mass is 369 g/mol. The van der Waals surface area contributed by atoms with Gasteiger partial charge in [-0.25, -0.2) is 0 Å². The molecule has 1 aliphatic carbocycles. The molecule has 1 atom stereocenters. The molecule has 5 heteroatoms. The molecular weight excluding hydrogens is 342 g/mol. The molecule has 144 valence electrons. The Kier molecular flexibility index (Phi) is 4.42. The van der Waals surface area contributed by atoms with Crippen molar-refractivity contribution < 1.29 is 19.7 Å². The summed E-state index contributed by atoms with van der Waals surface area (Å²) in [5.41, 5.74) is 5.39. The predicted molar refractivity (Wildman–Crippen MR) is 105 cm³/mol. The maximum atomic E-state index is 10.6. The maximum absolute atomic E-state index is 10.6. The number of methoxy groups -OCH3 is 2. The smallest absolute Gasteiger partial charge is 0.168 e. The molecule has 1 heterocycles. The number of fused-ring (bicyclic) bond motifs is 2. The summed E-state index contributed by atoms with van der Waals surface area (Å²) in [5.74, 6) is 1.81. The van der Waals surface area contributed by atoms with Crippen LogP contribution in [-0.2, 0) is 12.8 Å². The Hall–Kier alpha value is -2.40. The highest BCUT2D eigenvalue weighted by Crippen LogP contribution is 2.53. The van der Waals surface area contributed by atoms with Gasteiger partial charge in [-0.15, -0.1) is 0 Å². The first kappa shape index (κ1) is 18.0. The molecule has 2 aliphatic rings. The van der Waals surface area contributed by atoms with Crippen LogP contribution < -0.4 is 9.47 Å². The number of hydrogen-bond acceptors (Lipinski definition) is 5. The molecule has 0 saturated carbocycles. The summed E-state index contributed by atoms with van der Waals surface area (Å²) in [6, 6.07) is 5.74. The zero-order chi connectivity index (χ0) is 19.3. The van der Waals surface area contributed by atoms with Crippen LogP contribution >= 0.6 is 0 Å². The molecule has 0 bridgehead atoms. The molecule has 27 heavy (non-hydrogen) atoms. The number of phenolic OH excluding ortho intramolecular Hbond substituents is 2. The van der Waals surface area contributed by atoms with Crippen molar-refractivity contribution in [2.75, 3.05) is 27.3 Å². The van der Waals surface area contributed by atoms with E-state index >= 15 is 0 Å². The number of nitrogens with zero attached hydrogens (tertiary/aromatic N) is 1. The Morgan fingerprint density at radius 1 is 1.07 bits per heavy atom. The Morgan fingerprint density at radius 2 is 1.81 bits per heavy atom. The van der Waals surface area contributed by atoms with E-state index in [1.807, 2.05) is 12.1 Å². The van der Waals surface area contributed by atoms with E-state index in [1.54, 1.807) is 20.3 Å². The van der Waals surface area contributed by atoms with E-state index in [2.05, 4.69) is 18.7 Å². The van der Waals surface area contributed by atoms with Crippen LogP contribution in [0.2, 0.25) is 0 Å². The van der Waals surface area contributed by atoms with Gasteiger partial charge in [0.25, 0.3) is 0 Å². The molecular formula is C22H27NO4. The highest BCUT2D eigenvalue weighted by molar-refractivity contribution is 5.84. The third kappa shape index (κ3) is 2.81. The second-order valence-corrected chi connectivity index (χ2v) is 7.92. The summed E-state index contributed by atoms with van der Waals surface area (Å²) in [6.45, 7) is 6.46. The van der Waals surface area contributed by atoms with E-state index in [0.717, 1.165) is 42.6 Å². The van der Waals surface area contributed by atoms with Crippen LogP contribution in [0.15, 0.2) is 18.2 Å². The maximum Gasteiger partial charge on any atom is 0.168 e. The van der Waals surface area contributed by atoms with Gasteiger partial charge in [-0.05, 0) is 59.2 Å². The van der Waals surface area contributed by atoms with Crippen molar-refractivity contribution in [1.29, 1.82) is 0 Å². The molecule has 0 fully saturated rings. The van der Waals surface area contributed by atoms with Crippen LogP contribution in [0.25, 0.3) is 11.1 Å². The molecule has 2 aromatic carbocycles. The zero-order valence-electron chi connectivity index (χ0n) is 16.4. The highest BCUT2D eigenvalue weighted by Gasteiger charge is 2.37. The Morgan fingerprint density at radius 3 is 2.48 bits per heavy atom. The van der Waals surface area contributed by atoms with Crippen molar-refractivity contribution >= 4 is 0 Å². The lowest BCUT2D eigenvalue weighted by atomic mass is 9.76. The first-order chi connectivity index (χ1) is 12.9. The molecule has 1 aliphatic heterocycles. The van der Waals surface area contributed by atoms with Crippen molar-refractivity contribution in [3.05, 3.63) is 34.9 Å². The second-order valence-electron chi connectivity index (χ2n) is 7.92. The lowest BCUT2D eigenvalue weighted by Crippen LogP contribution is -2.40. The van der Waals surface area contributed by atoms with Crippen LogP contribution in [-0.4, -0.2) is 42.4 Å². The van der Waals surface area contributed by atoms with Gasteiger partial charge in [0, 0.05) is 24.7 Å². The average Bonchev–Trinajstić information content (AvgIpc) is 2.62. The number of hydrogen-bond donors (Lipinski definition) is 2. The minimum Gasteiger partial charge on any atom is -0.504 e. The van der Waals surface area contributed by atoms with Crippen LogP contribution in [0.5, 0.6) is 23.0 Å². The quantitative estimate of drug-likeness (QED) is 0.856. The normalized spacial score (nSPS) is 18.2. The topological polar surface area (TPSA) is 62.2 Å². The fourth-order valence-corrected chi connectivity index (χ4v) is 4.69. The van der Waals surface area contributed by atoms with Crippen LogP contribution in [0.3, 0.4) is 0 Å². The lowest BCUT2D eigenvalue weighted by molar-refractivity contribution is 0.162. The highest BCUT2D eigenvalue weighted by atomic mass is 16.5. The largest absolute Gasteiger partial charge is 0.504 e. The SMILES string of the molecule is COc1cc2c(cc1O)C[C@H]1c3c(cc(O)c(OC)c3-2)CCN1CC(C)C. The lowest BCUT2D eigenvalue weighted by Gasteiger charge is -2.43. The first-order valence-corrected chi connectivity index (χ1v) is 9.51. The Balaban J connectivity index is 1.98. The van der Waals surface area contributed by atoms with Gasteiger partial charge >= 0.3 is 0 Å². The number of rotatable bonds is 4. The van der Waals surface area contributed by atoms with Gasteiger partial charge in [0.05, 0.1) is 14.2 Å². The van der Waals surface area contributed by atoms with Gasteiger partial charge in [-0.3, -0.25) is 4.90 Å². The van der Waals surface area contributed by atoms with Gasteiger partial charge in [-0.1, -0.05) is 13.8 Å². The molecule has 2 aromatic rings. The summed E-state index contributed by atoms with van der Waals surface area (Å²) < 4.78 is 11.0. The molecule has 0 amide bonds. The number of benzene rings is 2. The molecule has 5 nitrogen and oxygen atoms in total. The molecule has 4 rings (SSSR count). The average molecular weight is 369 g/mol. The van der Waals surface area contributed by atoms with E-state index in [0.29, 0.717) is 17.4 Å². The van der Waals surface area contributed by atoms with Crippen LogP contribution in [0.1, 0.15) is 36.6 Å². The minimum atomic E-state index is 0.144. The molecule has 0 radical (unpaired) electrons. The van der Waals surface area contributed by atoms with Crippen molar-refractivity contribution in [3.8, 4) is 34.1 Å². The van der Waals surface area contributed by atoms with Gasteiger partial charge in [-0.2, -0.15) is 0 Å². The van der Waals surface area contributed by atoms with E-state index in [4.69, 9.17) is 9.47 Å². The Bertz CT molecular complexity index is 891. The summed E-state index contributed by atoms with van der Waals surface area (Å²) in [6.07, 6.45) is 1.74. The van der Waals surface area contributed by atoms with Crippen molar-refractivity contribution in [1.82, 2.24) is 4.90 Å². The van der Waals surface area contributed by atoms with Gasteiger partial charge < -0.3 is 19.7 Å². The number of phenols is 2. The van der Waals surface area contributed by atoms with Crippen LogP contribution in [0.4, 0.5) is 0 Å². The third-order valence-electron chi connectivity index (χ3n) is 5.72. The summed E-state index contributed by atoms with van der Waals surface area (Å²) in [5, 5.41) is 20.9. The molecule has 0 unspecified atom stereocenters. The molecule has 0 spiro atoms. The van der Waals surface area contributed by atoms with Crippen molar-refractivity contribution in [3.63, 3.8) is 0 Å². The standard InChI is InChI=1S/C22H27NO4/c1-12(2)11-23-6-5-13-8-18(25)22(27-4)21-15-10-19(26-3)17(24)9-14(15)7-16(23)20(13)21/h8-10,12,16,24-25H,5-7,11H2,1-4H3/t16-/m0/s1. The number of aromatic hydroxyl groups is 2. The summed E-state index contributed by atoms with van der Waals surface area (Å²) >= 11 is 0. The first-order valence-electron chi connectivity index (χ1n) is 9.51. The minimum absolute atomic E-state index is 0.144. The number of ether oxygens (including phenoxy) is 2. The van der Waals surface area contributed by atoms with Gasteiger partial charge in [0.2, 0.25) is 0 Å². The Labute approximate surface area is 160 Å². The van der Waals surface area contributed by atoms with E-state index < -0.39 is 0 Å². The zero-order valence-corrected chi connectivity index (χ0v) is 16.4. The molecule has 0 aromatic heterocycles. The fourth-order valence-electron chi connectivity index (χ4n) is 4.69. The van der Waals surface area contributed by atoms with E-state index in [1.165, 1.54) is 11.1 Å². The van der Waals surface area contributed by atoms with Gasteiger partial charge in [0.1, 0.15) is 0 Å². The van der Waals surface area contributed by atoms with Crippen molar-refractivity contribution in [2.45, 2.75) is 32.7 Å². The van der Waals surface area contributed by atoms with Gasteiger partial charge in [0.15, 0.2) is 23.0 Å². The van der Waals surface area contributed by atoms with E-state index in [9.17, 15) is 10.2 Å². The third-order valence-corrected chi connectivity index (χ3v) is 5.72. The molecule has 2 N–H and O–H groups in total. The van der Waals surface area contributed by atoms with Crippen LogP contribution in [0, 0.1) is 5.92 Å². The summed E-state index contributed by atoms with van der Waals surface area (Å²) in [7, 11) is 3.14. The van der Waals surface area contributed by atoms with E-state index in [-0.39, 0.29) is 17.5 Å². The molecule has 0 saturated heterocycles.